The van der Waals surface area contributed by atoms with Crippen LogP contribution in [0.2, 0.25) is 0 Å². The maximum absolute atomic E-state index is 14.8. The molecule has 0 saturated heterocycles. The van der Waals surface area contributed by atoms with Crippen molar-refractivity contribution in [1.82, 2.24) is 14.8 Å². The highest BCUT2D eigenvalue weighted by atomic mass is 32.2. The van der Waals surface area contributed by atoms with Crippen molar-refractivity contribution in [2.24, 2.45) is 5.14 Å². The second-order valence-corrected chi connectivity index (χ2v) is 10.6. The number of aromatic carboxylic acids is 1. The van der Waals surface area contributed by atoms with Crippen LogP contribution in [-0.2, 0) is 24.0 Å². The van der Waals surface area contributed by atoms with Crippen LogP contribution in [0.1, 0.15) is 27.3 Å². The number of carboxylic acids is 1. The van der Waals surface area contributed by atoms with Gasteiger partial charge in [0.15, 0.2) is 16.3 Å². The summed E-state index contributed by atoms with van der Waals surface area (Å²) in [6.07, 6.45) is -5.27. The van der Waals surface area contributed by atoms with E-state index in [1.807, 2.05) is 0 Å². The van der Waals surface area contributed by atoms with Gasteiger partial charge in [-0.2, -0.15) is 18.3 Å². The first-order valence-corrected chi connectivity index (χ1v) is 13.7. The molecule has 7 nitrogen and oxygen atoms in total. The number of thiazole rings is 1. The molecule has 0 spiro atoms. The van der Waals surface area contributed by atoms with Crippen LogP contribution in [0.5, 0.6) is 0 Å². The number of rotatable bonds is 7. The van der Waals surface area contributed by atoms with Crippen molar-refractivity contribution in [3.63, 3.8) is 0 Å². The molecule has 41 heavy (non-hydrogen) atoms. The van der Waals surface area contributed by atoms with E-state index in [9.17, 15) is 36.4 Å². The number of alkyl halides is 3. The molecule has 0 radical (unpaired) electrons. The second-order valence-electron chi connectivity index (χ2n) is 8.73. The molecule has 0 aliphatic carbocycles. The Labute approximate surface area is 236 Å². The molecule has 0 bridgehead atoms. The van der Waals surface area contributed by atoms with Crippen LogP contribution in [0.25, 0.3) is 27.5 Å². The molecule has 1 unspecified atom stereocenters. The summed E-state index contributed by atoms with van der Waals surface area (Å²) in [4.78, 5) is 15.4. The van der Waals surface area contributed by atoms with E-state index < -0.39 is 46.5 Å². The highest BCUT2D eigenvalue weighted by Crippen LogP contribution is 2.41. The Hall–Kier alpha value is -4.11. The lowest BCUT2D eigenvalue weighted by molar-refractivity contribution is -0.143. The third-order valence-corrected chi connectivity index (χ3v) is 7.63. The number of carboxylic acid groups (broad SMARTS) is 1. The van der Waals surface area contributed by atoms with E-state index >= 15 is 0 Å². The van der Waals surface area contributed by atoms with Gasteiger partial charge in [-0.3, -0.25) is 0 Å². The SMILES string of the molecule is N[S+]([O-])c1ccc(Cc2c(-c3ccc(F)c(-c4ccc(F)cc4)c3)nn(-c3nc(C(=O)O)cs3)c2C(F)(F)F)cc1. The highest BCUT2D eigenvalue weighted by molar-refractivity contribution is 7.89. The fourth-order valence-corrected chi connectivity index (χ4v) is 5.37. The Morgan fingerprint density at radius 2 is 1.68 bits per heavy atom. The smallest absolute Gasteiger partial charge is 0.433 e. The van der Waals surface area contributed by atoms with E-state index in [1.54, 1.807) is 0 Å². The van der Waals surface area contributed by atoms with E-state index in [0.717, 1.165) is 23.6 Å². The van der Waals surface area contributed by atoms with Gasteiger partial charge in [-0.1, -0.05) is 24.3 Å². The highest BCUT2D eigenvalue weighted by Gasteiger charge is 2.41. The molecular formula is C27H17F5N4O3S2. The first-order chi connectivity index (χ1) is 19.4. The minimum absolute atomic E-state index is 0.00810. The number of hydrogen-bond acceptors (Lipinski definition) is 6. The molecule has 0 saturated carbocycles. The van der Waals surface area contributed by atoms with Gasteiger partial charge in [0.25, 0.3) is 0 Å². The summed E-state index contributed by atoms with van der Waals surface area (Å²) in [5.74, 6) is -2.66. The predicted octanol–water partition coefficient (Wildman–Crippen LogP) is 6.23. The number of hydrogen-bond donors (Lipinski definition) is 2. The van der Waals surface area contributed by atoms with Gasteiger partial charge >= 0.3 is 12.1 Å². The van der Waals surface area contributed by atoms with Crippen LogP contribution in [0.3, 0.4) is 0 Å². The fourth-order valence-electron chi connectivity index (χ4n) is 4.21. The molecule has 0 amide bonds. The molecule has 0 fully saturated rings. The quantitative estimate of drug-likeness (QED) is 0.168. The molecule has 0 aliphatic rings. The van der Waals surface area contributed by atoms with Gasteiger partial charge in [0.05, 0.1) is 17.1 Å². The summed E-state index contributed by atoms with van der Waals surface area (Å²) < 4.78 is 84.4. The van der Waals surface area contributed by atoms with Crippen molar-refractivity contribution in [3.05, 3.63) is 106 Å². The number of nitrogens with zero attached hydrogens (tertiary/aromatic N) is 3. The molecule has 3 N–H and O–H groups in total. The molecule has 14 heteroatoms. The van der Waals surface area contributed by atoms with Crippen LogP contribution in [-0.4, -0.2) is 30.4 Å². The van der Waals surface area contributed by atoms with Crippen molar-refractivity contribution in [2.45, 2.75) is 17.5 Å². The number of carbonyl (C=O) groups is 1. The summed E-state index contributed by atoms with van der Waals surface area (Å²) in [6, 6.07) is 14.4. The number of benzene rings is 3. The van der Waals surface area contributed by atoms with Crippen molar-refractivity contribution in [1.29, 1.82) is 0 Å². The molecule has 1 atom stereocenters. The van der Waals surface area contributed by atoms with Crippen molar-refractivity contribution >= 4 is 28.7 Å². The van der Waals surface area contributed by atoms with Gasteiger partial charge in [-0.05, 0) is 53.6 Å². The van der Waals surface area contributed by atoms with E-state index in [4.69, 9.17) is 5.14 Å². The van der Waals surface area contributed by atoms with Crippen LogP contribution >= 0.6 is 11.3 Å². The Bertz CT molecular complexity index is 1730. The molecule has 210 valence electrons. The molecule has 0 aliphatic heterocycles. The zero-order valence-corrected chi connectivity index (χ0v) is 22.2. The van der Waals surface area contributed by atoms with Gasteiger partial charge in [-0.25, -0.2) is 23.2 Å². The average Bonchev–Trinajstić information content (AvgIpc) is 3.56. The fraction of sp³-hybridized carbons (Fsp3) is 0.0741. The zero-order chi connectivity index (χ0) is 29.5. The largest absolute Gasteiger partial charge is 0.593 e. The summed E-state index contributed by atoms with van der Waals surface area (Å²) in [7, 11) is 0. The lowest BCUT2D eigenvalue weighted by Crippen LogP contribution is -2.16. The predicted molar refractivity (Wildman–Crippen MR) is 142 cm³/mol. The minimum atomic E-state index is -4.96. The molecule has 2 heterocycles. The summed E-state index contributed by atoms with van der Waals surface area (Å²) in [5.41, 5.74) is -1.27. The topological polar surface area (TPSA) is 117 Å². The van der Waals surface area contributed by atoms with Crippen LogP contribution < -0.4 is 5.14 Å². The van der Waals surface area contributed by atoms with Crippen LogP contribution in [0, 0.1) is 11.6 Å². The van der Waals surface area contributed by atoms with Crippen molar-refractivity contribution in [3.8, 4) is 27.5 Å². The number of nitrogens with two attached hydrogens (primary N) is 1. The Morgan fingerprint density at radius 1 is 1.02 bits per heavy atom. The maximum Gasteiger partial charge on any atom is 0.433 e. The van der Waals surface area contributed by atoms with Crippen molar-refractivity contribution < 1.29 is 36.4 Å². The minimum Gasteiger partial charge on any atom is -0.593 e. The van der Waals surface area contributed by atoms with Crippen LogP contribution in [0.15, 0.2) is 77.0 Å². The van der Waals surface area contributed by atoms with Gasteiger partial charge in [0.1, 0.15) is 11.6 Å². The average molecular weight is 605 g/mol. The first-order valence-electron chi connectivity index (χ1n) is 11.6. The molecule has 2 aromatic heterocycles. The molecule has 5 aromatic rings. The van der Waals surface area contributed by atoms with E-state index in [-0.39, 0.29) is 38.8 Å². The monoisotopic (exact) mass is 604 g/mol. The van der Waals surface area contributed by atoms with E-state index in [1.165, 1.54) is 48.5 Å². The summed E-state index contributed by atoms with van der Waals surface area (Å²) >= 11 is -1.13. The van der Waals surface area contributed by atoms with Crippen molar-refractivity contribution in [2.75, 3.05) is 0 Å². The van der Waals surface area contributed by atoms with Gasteiger partial charge in [0.2, 0.25) is 5.13 Å². The zero-order valence-electron chi connectivity index (χ0n) is 20.5. The lowest BCUT2D eigenvalue weighted by atomic mass is 9.96. The normalized spacial score (nSPS) is 12.5. The standard InChI is InChI=1S/C27H17F5N4O3S2/c28-17-6-3-15(4-7-17)19-12-16(5-10-21(19)29)23-20(11-14-1-8-18(9-2-14)41(33)39)24(27(30,31)32)36(35-23)26-34-22(13-40-26)25(37)38/h1-10,12-13H,11,33H2,(H,37,38). The Kier molecular flexibility index (Phi) is 7.66. The van der Waals surface area contributed by atoms with Crippen LogP contribution in [0.4, 0.5) is 22.0 Å². The molecule has 5 rings (SSSR count). The number of aromatic nitrogens is 3. The van der Waals surface area contributed by atoms with Gasteiger partial charge in [-0.15, -0.1) is 16.5 Å². The molecule has 3 aromatic carbocycles. The van der Waals surface area contributed by atoms with E-state index in [0.29, 0.717) is 27.1 Å². The third-order valence-electron chi connectivity index (χ3n) is 6.08. The van der Waals surface area contributed by atoms with Gasteiger partial charge in [0, 0.05) is 28.5 Å². The maximum atomic E-state index is 14.8. The Balaban J connectivity index is 1.73. The van der Waals surface area contributed by atoms with E-state index in [2.05, 4.69) is 10.1 Å². The first kappa shape index (κ1) is 28.4. The second kappa shape index (κ2) is 11.0. The van der Waals surface area contributed by atoms with Gasteiger partial charge < -0.3 is 9.66 Å². The third kappa shape index (κ3) is 5.86. The number of halogens is 5. The summed E-state index contributed by atoms with van der Waals surface area (Å²) in [6.45, 7) is 0. The molecular weight excluding hydrogens is 587 g/mol. The summed E-state index contributed by atoms with van der Waals surface area (Å²) in [5, 5.41) is 19.6. The Morgan fingerprint density at radius 3 is 2.27 bits per heavy atom. The lowest BCUT2D eigenvalue weighted by Gasteiger charge is -2.12.